The molecule has 4 aromatic rings. The Morgan fingerprint density at radius 3 is 2.56 bits per heavy atom. The molecule has 2 N–H and O–H groups in total. The lowest BCUT2D eigenvalue weighted by atomic mass is 10.1. The fourth-order valence-electron chi connectivity index (χ4n) is 3.26. The van der Waals surface area contributed by atoms with Crippen LogP contribution in [0, 0.1) is 20.8 Å². The number of nitrogens with zero attached hydrogens (tertiary/aromatic N) is 1. The van der Waals surface area contributed by atoms with E-state index < -0.39 is 0 Å². The minimum Gasteiger partial charge on any atom is -0.484 e. The summed E-state index contributed by atoms with van der Waals surface area (Å²) in [7, 11) is 0. The number of carbonyl (C=O) groups excluding carboxylic acids is 1. The van der Waals surface area contributed by atoms with E-state index in [1.165, 1.54) is 0 Å². The molecule has 0 saturated carbocycles. The molecule has 0 aliphatic carbocycles. The first-order valence-electron chi connectivity index (χ1n) is 10.2. The molecular formula is C25H23N3O3S. The number of benzene rings is 3. The minimum absolute atomic E-state index is 0.133. The highest BCUT2D eigenvalue weighted by molar-refractivity contribution is 7.80. The maximum Gasteiger partial charge on any atom is 0.264 e. The van der Waals surface area contributed by atoms with E-state index >= 15 is 0 Å². The van der Waals surface area contributed by atoms with Crippen molar-refractivity contribution in [3.05, 3.63) is 77.4 Å². The monoisotopic (exact) mass is 445 g/mol. The highest BCUT2D eigenvalue weighted by atomic mass is 32.1. The van der Waals surface area contributed by atoms with Gasteiger partial charge in [-0.15, -0.1) is 0 Å². The van der Waals surface area contributed by atoms with Crippen molar-refractivity contribution in [2.24, 2.45) is 0 Å². The molecule has 0 atom stereocenters. The number of hydrogen-bond acceptors (Lipinski definition) is 5. The molecule has 0 spiro atoms. The minimum atomic E-state index is -0.341. The predicted molar refractivity (Wildman–Crippen MR) is 130 cm³/mol. The van der Waals surface area contributed by atoms with Gasteiger partial charge in [0.05, 0.1) is 0 Å². The van der Waals surface area contributed by atoms with Crippen LogP contribution in [0.4, 0.5) is 5.69 Å². The molecule has 6 nitrogen and oxygen atoms in total. The first-order valence-corrected chi connectivity index (χ1v) is 10.6. The van der Waals surface area contributed by atoms with Crippen molar-refractivity contribution in [2.75, 3.05) is 11.9 Å². The van der Waals surface area contributed by atoms with Crippen LogP contribution in [0.3, 0.4) is 0 Å². The molecule has 32 heavy (non-hydrogen) atoms. The number of ether oxygens (including phenoxy) is 1. The van der Waals surface area contributed by atoms with Crippen molar-refractivity contribution in [3.63, 3.8) is 0 Å². The second-order valence-corrected chi connectivity index (χ2v) is 7.98. The summed E-state index contributed by atoms with van der Waals surface area (Å²) in [6, 6.07) is 19.1. The van der Waals surface area contributed by atoms with Crippen molar-refractivity contribution in [3.8, 4) is 17.2 Å². The van der Waals surface area contributed by atoms with Crippen LogP contribution in [-0.2, 0) is 4.79 Å². The number of aromatic nitrogens is 1. The maximum atomic E-state index is 12.2. The Balaban J connectivity index is 1.42. The van der Waals surface area contributed by atoms with E-state index in [2.05, 4.69) is 15.6 Å². The molecule has 0 aliphatic heterocycles. The first-order chi connectivity index (χ1) is 15.4. The van der Waals surface area contributed by atoms with Gasteiger partial charge in [-0.05, 0) is 80.5 Å². The van der Waals surface area contributed by atoms with Crippen LogP contribution < -0.4 is 15.4 Å². The highest BCUT2D eigenvalue weighted by Crippen LogP contribution is 2.30. The number of oxazole rings is 1. The van der Waals surface area contributed by atoms with E-state index in [1.807, 2.05) is 81.4 Å². The van der Waals surface area contributed by atoms with Crippen LogP contribution >= 0.6 is 12.2 Å². The van der Waals surface area contributed by atoms with E-state index in [1.54, 1.807) is 0 Å². The highest BCUT2D eigenvalue weighted by Gasteiger charge is 2.14. The third kappa shape index (κ3) is 4.95. The van der Waals surface area contributed by atoms with Crippen LogP contribution in [0.15, 0.2) is 65.1 Å². The summed E-state index contributed by atoms with van der Waals surface area (Å²) in [5, 5.41) is 5.91. The number of fused-ring (bicyclic) bond motifs is 1. The number of amides is 1. The van der Waals surface area contributed by atoms with Gasteiger partial charge in [-0.2, -0.15) is 0 Å². The van der Waals surface area contributed by atoms with Crippen molar-refractivity contribution in [1.82, 2.24) is 10.3 Å². The standard InChI is InChI=1S/C25H23N3O3S/c1-15-7-10-18(11-8-15)30-14-23(29)28-25(32)27-20-6-4-5-19(17(20)3)24-26-21-13-16(2)9-12-22(21)31-24/h4-13H,14H2,1-3H3,(H2,27,28,29,32). The van der Waals surface area contributed by atoms with Gasteiger partial charge in [0.15, 0.2) is 17.3 Å². The Morgan fingerprint density at radius 2 is 1.78 bits per heavy atom. The van der Waals surface area contributed by atoms with Crippen LogP contribution in [0.1, 0.15) is 16.7 Å². The van der Waals surface area contributed by atoms with E-state index in [9.17, 15) is 4.79 Å². The quantitative estimate of drug-likeness (QED) is 0.405. The normalized spacial score (nSPS) is 10.7. The Hall–Kier alpha value is -3.71. The molecule has 162 valence electrons. The van der Waals surface area contributed by atoms with E-state index in [0.717, 1.165) is 39.0 Å². The van der Waals surface area contributed by atoms with Crippen molar-refractivity contribution in [1.29, 1.82) is 0 Å². The Kier molecular flexibility index (Phi) is 6.18. The zero-order chi connectivity index (χ0) is 22.7. The largest absolute Gasteiger partial charge is 0.484 e. The fourth-order valence-corrected chi connectivity index (χ4v) is 3.48. The van der Waals surface area contributed by atoms with Crippen molar-refractivity contribution >= 4 is 40.0 Å². The third-order valence-corrected chi connectivity index (χ3v) is 5.20. The Morgan fingerprint density at radius 1 is 1.03 bits per heavy atom. The topological polar surface area (TPSA) is 76.4 Å². The maximum absolute atomic E-state index is 12.2. The summed E-state index contributed by atoms with van der Waals surface area (Å²) >= 11 is 5.31. The van der Waals surface area contributed by atoms with Gasteiger partial charge in [0.25, 0.3) is 5.91 Å². The van der Waals surface area contributed by atoms with E-state index in [0.29, 0.717) is 11.6 Å². The van der Waals surface area contributed by atoms with Gasteiger partial charge in [0, 0.05) is 11.3 Å². The Bertz CT molecular complexity index is 1300. The molecule has 0 unspecified atom stereocenters. The van der Waals surface area contributed by atoms with Gasteiger partial charge in [0.1, 0.15) is 11.3 Å². The van der Waals surface area contributed by atoms with E-state index in [-0.39, 0.29) is 17.6 Å². The second-order valence-electron chi connectivity index (χ2n) is 7.57. The molecule has 1 amide bonds. The number of thiocarbonyl (C=S) groups is 1. The molecule has 0 fully saturated rings. The summed E-state index contributed by atoms with van der Waals surface area (Å²) in [5.74, 6) is 0.820. The summed E-state index contributed by atoms with van der Waals surface area (Å²) in [4.78, 5) is 16.8. The van der Waals surface area contributed by atoms with Gasteiger partial charge < -0.3 is 14.5 Å². The van der Waals surface area contributed by atoms with Gasteiger partial charge in [-0.25, -0.2) is 4.98 Å². The molecule has 3 aromatic carbocycles. The van der Waals surface area contributed by atoms with Gasteiger partial charge in [-0.3, -0.25) is 10.1 Å². The molecule has 0 bridgehead atoms. The lowest BCUT2D eigenvalue weighted by Gasteiger charge is -2.13. The molecule has 1 heterocycles. The SMILES string of the molecule is Cc1ccc(OCC(=O)NC(=S)Nc2cccc(-c3nc4cc(C)ccc4o3)c2C)cc1. The number of aryl methyl sites for hydroxylation is 2. The van der Waals surface area contributed by atoms with Crippen LogP contribution in [0.2, 0.25) is 0 Å². The lowest BCUT2D eigenvalue weighted by molar-refractivity contribution is -0.121. The smallest absolute Gasteiger partial charge is 0.264 e. The summed E-state index contributed by atoms with van der Waals surface area (Å²) in [5.41, 5.74) is 6.30. The van der Waals surface area contributed by atoms with Crippen molar-refractivity contribution in [2.45, 2.75) is 20.8 Å². The number of carbonyl (C=O) groups is 1. The number of nitrogens with one attached hydrogen (secondary N) is 2. The summed E-state index contributed by atoms with van der Waals surface area (Å²) in [6.45, 7) is 5.82. The molecule has 0 saturated heterocycles. The summed E-state index contributed by atoms with van der Waals surface area (Å²) in [6.07, 6.45) is 0. The average Bonchev–Trinajstić information content (AvgIpc) is 3.17. The zero-order valence-corrected chi connectivity index (χ0v) is 18.9. The molecule has 4 rings (SSSR count). The number of anilines is 1. The van der Waals surface area contributed by atoms with Gasteiger partial charge >= 0.3 is 0 Å². The fraction of sp³-hybridized carbons (Fsp3) is 0.160. The predicted octanol–water partition coefficient (Wildman–Crippen LogP) is 5.31. The Labute approximate surface area is 191 Å². The molecule has 1 aromatic heterocycles. The number of rotatable bonds is 5. The van der Waals surface area contributed by atoms with Gasteiger partial charge in [-0.1, -0.05) is 29.8 Å². The molecular weight excluding hydrogens is 422 g/mol. The second kappa shape index (κ2) is 9.20. The first kappa shape index (κ1) is 21.5. The van der Waals surface area contributed by atoms with Gasteiger partial charge in [0.2, 0.25) is 5.89 Å². The van der Waals surface area contributed by atoms with E-state index in [4.69, 9.17) is 21.4 Å². The van der Waals surface area contributed by atoms with Crippen LogP contribution in [-0.4, -0.2) is 22.6 Å². The zero-order valence-electron chi connectivity index (χ0n) is 18.1. The molecule has 0 radical (unpaired) electrons. The van der Waals surface area contributed by atoms with Crippen molar-refractivity contribution < 1.29 is 13.9 Å². The molecule has 7 heteroatoms. The average molecular weight is 446 g/mol. The molecule has 0 aliphatic rings. The lowest BCUT2D eigenvalue weighted by Crippen LogP contribution is -2.37. The summed E-state index contributed by atoms with van der Waals surface area (Å²) < 4.78 is 11.4. The van der Waals surface area contributed by atoms with Crippen LogP contribution in [0.5, 0.6) is 5.75 Å². The van der Waals surface area contributed by atoms with Crippen LogP contribution in [0.25, 0.3) is 22.6 Å². The third-order valence-electron chi connectivity index (χ3n) is 5.00. The number of hydrogen-bond donors (Lipinski definition) is 2.